The molecule has 0 radical (unpaired) electrons. The van der Waals surface area contributed by atoms with Gasteiger partial charge in [-0.1, -0.05) is 17.3 Å². The number of anilines is 1. The summed E-state index contributed by atoms with van der Waals surface area (Å²) in [6.45, 7) is 5.92. The molecule has 9 heteroatoms. The van der Waals surface area contributed by atoms with Crippen molar-refractivity contribution in [3.05, 3.63) is 64.9 Å². The fraction of sp³-hybridized carbons (Fsp3) is 0.333. The lowest BCUT2D eigenvalue weighted by atomic mass is 9.98. The largest absolute Gasteiger partial charge is 0.465 e. The Bertz CT molecular complexity index is 1280. The molecule has 2 aromatic heterocycles. The predicted molar refractivity (Wildman–Crippen MR) is 125 cm³/mol. The standard InChI is InChI=1S/C24H27N3O5S/c1-16-8-9-17(2)21(14-16)25-24(28)19-6-4-12-27(15-19)33(29,30)23-18(3)26-32-22(23)11-10-20-7-5-13-31-20/h5,7-11,13-14,19H,4,6,12,15H2,1-3H3,(H,25,28)/b11-10+/t19-/m0/s1. The van der Waals surface area contributed by atoms with E-state index in [0.29, 0.717) is 25.1 Å². The number of sulfonamides is 1. The van der Waals surface area contributed by atoms with Gasteiger partial charge in [-0.3, -0.25) is 4.79 Å². The number of benzene rings is 1. The summed E-state index contributed by atoms with van der Waals surface area (Å²) >= 11 is 0. The van der Waals surface area contributed by atoms with Crippen LogP contribution in [0.15, 0.2) is 50.4 Å². The van der Waals surface area contributed by atoms with Crippen molar-refractivity contribution in [2.24, 2.45) is 5.92 Å². The van der Waals surface area contributed by atoms with E-state index in [4.69, 9.17) is 8.94 Å². The van der Waals surface area contributed by atoms with E-state index in [1.165, 1.54) is 16.6 Å². The van der Waals surface area contributed by atoms with E-state index < -0.39 is 15.9 Å². The second kappa shape index (κ2) is 9.36. The summed E-state index contributed by atoms with van der Waals surface area (Å²) in [6.07, 6.45) is 5.89. The van der Waals surface area contributed by atoms with Crippen LogP contribution in [0.3, 0.4) is 0 Å². The number of rotatable bonds is 6. The molecular formula is C24H27N3O5S. The highest BCUT2D eigenvalue weighted by Crippen LogP contribution is 2.30. The number of piperidine rings is 1. The molecule has 1 N–H and O–H groups in total. The SMILES string of the molecule is Cc1ccc(C)c(NC(=O)[C@H]2CCCN(S(=O)(=O)c3c(C)noc3/C=C/c3ccco3)C2)c1. The van der Waals surface area contributed by atoms with Gasteiger partial charge in [0.1, 0.15) is 11.5 Å². The molecule has 3 heterocycles. The molecular weight excluding hydrogens is 442 g/mol. The average molecular weight is 470 g/mol. The van der Waals surface area contributed by atoms with Crippen molar-refractivity contribution < 1.29 is 22.2 Å². The zero-order valence-electron chi connectivity index (χ0n) is 18.9. The molecule has 1 fully saturated rings. The van der Waals surface area contributed by atoms with Gasteiger partial charge in [0.05, 0.1) is 12.2 Å². The van der Waals surface area contributed by atoms with Crippen LogP contribution in [0.2, 0.25) is 0 Å². The highest BCUT2D eigenvalue weighted by molar-refractivity contribution is 7.89. The number of aromatic nitrogens is 1. The first-order valence-electron chi connectivity index (χ1n) is 10.8. The molecule has 1 amide bonds. The first-order valence-corrected chi connectivity index (χ1v) is 12.3. The molecule has 1 aromatic carbocycles. The van der Waals surface area contributed by atoms with Crippen molar-refractivity contribution in [3.8, 4) is 0 Å². The second-order valence-corrected chi connectivity index (χ2v) is 10.2. The molecule has 1 atom stereocenters. The van der Waals surface area contributed by atoms with Gasteiger partial charge in [-0.05, 0) is 75.1 Å². The van der Waals surface area contributed by atoms with Crippen LogP contribution in [0, 0.1) is 26.7 Å². The Hall–Kier alpha value is -3.17. The number of amides is 1. The number of aryl methyl sites for hydroxylation is 3. The lowest BCUT2D eigenvalue weighted by Crippen LogP contribution is -2.44. The van der Waals surface area contributed by atoms with Crippen LogP contribution in [0.5, 0.6) is 0 Å². The Morgan fingerprint density at radius 1 is 1.21 bits per heavy atom. The molecule has 33 heavy (non-hydrogen) atoms. The predicted octanol–water partition coefficient (Wildman–Crippen LogP) is 4.40. The number of nitrogens with zero attached hydrogens (tertiary/aromatic N) is 2. The molecule has 174 valence electrons. The van der Waals surface area contributed by atoms with Gasteiger partial charge in [0, 0.05) is 18.8 Å². The summed E-state index contributed by atoms with van der Waals surface area (Å²) in [4.78, 5) is 13.0. The fourth-order valence-corrected chi connectivity index (χ4v) is 5.73. The highest BCUT2D eigenvalue weighted by Gasteiger charge is 2.37. The molecule has 8 nitrogen and oxygen atoms in total. The van der Waals surface area contributed by atoms with Gasteiger partial charge < -0.3 is 14.3 Å². The number of carbonyl (C=O) groups excluding carboxylic acids is 1. The first-order chi connectivity index (χ1) is 15.8. The van der Waals surface area contributed by atoms with Crippen LogP contribution in [0.1, 0.15) is 41.2 Å². The van der Waals surface area contributed by atoms with Gasteiger partial charge in [-0.25, -0.2) is 8.42 Å². The first kappa shape index (κ1) is 23.0. The Kier molecular flexibility index (Phi) is 6.53. The highest BCUT2D eigenvalue weighted by atomic mass is 32.2. The van der Waals surface area contributed by atoms with E-state index in [1.54, 1.807) is 25.1 Å². The monoisotopic (exact) mass is 469 g/mol. The van der Waals surface area contributed by atoms with Crippen LogP contribution in [0.4, 0.5) is 5.69 Å². The van der Waals surface area contributed by atoms with Crippen LogP contribution >= 0.6 is 0 Å². The Balaban J connectivity index is 1.54. The van der Waals surface area contributed by atoms with Crippen molar-refractivity contribution in [2.75, 3.05) is 18.4 Å². The third-order valence-electron chi connectivity index (χ3n) is 5.78. The summed E-state index contributed by atoms with van der Waals surface area (Å²) in [7, 11) is -3.91. The Labute approximate surface area is 193 Å². The van der Waals surface area contributed by atoms with Gasteiger partial charge in [0.15, 0.2) is 10.7 Å². The summed E-state index contributed by atoms with van der Waals surface area (Å²) in [5.41, 5.74) is 3.03. The molecule has 0 bridgehead atoms. The number of furan rings is 1. The van der Waals surface area contributed by atoms with Gasteiger partial charge >= 0.3 is 0 Å². The lowest BCUT2D eigenvalue weighted by molar-refractivity contribution is -0.120. The maximum atomic E-state index is 13.5. The molecule has 0 spiro atoms. The van der Waals surface area contributed by atoms with Crippen molar-refractivity contribution >= 4 is 33.8 Å². The second-order valence-electron chi connectivity index (χ2n) is 8.32. The minimum atomic E-state index is -3.91. The van der Waals surface area contributed by atoms with Crippen molar-refractivity contribution in [1.82, 2.24) is 9.46 Å². The topological polar surface area (TPSA) is 106 Å². The number of hydrogen-bond acceptors (Lipinski definition) is 6. The molecule has 0 saturated carbocycles. The maximum absolute atomic E-state index is 13.5. The normalized spacial score (nSPS) is 17.5. The van der Waals surface area contributed by atoms with E-state index >= 15 is 0 Å². The minimum absolute atomic E-state index is 0.0147. The van der Waals surface area contributed by atoms with Crippen molar-refractivity contribution in [2.45, 2.75) is 38.5 Å². The van der Waals surface area contributed by atoms with Crippen LogP contribution in [0.25, 0.3) is 12.2 Å². The number of nitrogens with one attached hydrogen (secondary N) is 1. The Morgan fingerprint density at radius 2 is 2.03 bits per heavy atom. The van der Waals surface area contributed by atoms with Gasteiger partial charge in [-0.2, -0.15) is 4.31 Å². The van der Waals surface area contributed by atoms with E-state index in [0.717, 1.165) is 16.8 Å². The molecule has 4 rings (SSSR count). The average Bonchev–Trinajstić information content (AvgIpc) is 3.44. The summed E-state index contributed by atoms with van der Waals surface area (Å²) in [5.74, 6) is 0.0682. The molecule has 1 aliphatic heterocycles. The van der Waals surface area contributed by atoms with E-state index in [-0.39, 0.29) is 28.8 Å². The third kappa shape index (κ3) is 4.94. The number of hydrogen-bond donors (Lipinski definition) is 1. The lowest BCUT2D eigenvalue weighted by Gasteiger charge is -2.31. The zero-order valence-corrected chi connectivity index (χ0v) is 19.7. The van der Waals surface area contributed by atoms with Crippen LogP contribution in [-0.2, 0) is 14.8 Å². The Morgan fingerprint density at radius 3 is 2.79 bits per heavy atom. The van der Waals surface area contributed by atoms with Crippen molar-refractivity contribution in [3.63, 3.8) is 0 Å². The quantitative estimate of drug-likeness (QED) is 0.574. The summed E-state index contributed by atoms with van der Waals surface area (Å²) in [5, 5.41) is 6.84. The van der Waals surface area contributed by atoms with Crippen molar-refractivity contribution in [1.29, 1.82) is 0 Å². The van der Waals surface area contributed by atoms with E-state index in [2.05, 4.69) is 10.5 Å². The fourth-order valence-electron chi connectivity index (χ4n) is 3.95. The summed E-state index contributed by atoms with van der Waals surface area (Å²) < 4.78 is 38.9. The summed E-state index contributed by atoms with van der Waals surface area (Å²) in [6, 6.07) is 9.34. The van der Waals surface area contributed by atoms with Crippen LogP contribution in [-0.4, -0.2) is 36.9 Å². The molecule has 0 aliphatic carbocycles. The van der Waals surface area contributed by atoms with Crippen LogP contribution < -0.4 is 5.32 Å². The maximum Gasteiger partial charge on any atom is 0.248 e. The van der Waals surface area contributed by atoms with Gasteiger partial charge in [0.2, 0.25) is 15.9 Å². The smallest absolute Gasteiger partial charge is 0.248 e. The third-order valence-corrected chi connectivity index (χ3v) is 7.80. The van der Waals surface area contributed by atoms with Gasteiger partial charge in [-0.15, -0.1) is 0 Å². The minimum Gasteiger partial charge on any atom is -0.465 e. The van der Waals surface area contributed by atoms with Gasteiger partial charge in [0.25, 0.3) is 0 Å². The number of carbonyl (C=O) groups is 1. The molecule has 3 aromatic rings. The zero-order chi connectivity index (χ0) is 23.6. The molecule has 0 unspecified atom stereocenters. The molecule has 1 aliphatic rings. The van der Waals surface area contributed by atoms with E-state index in [9.17, 15) is 13.2 Å². The molecule has 1 saturated heterocycles. The van der Waals surface area contributed by atoms with E-state index in [1.807, 2.05) is 32.0 Å².